The topological polar surface area (TPSA) is 57.6 Å². The van der Waals surface area contributed by atoms with Gasteiger partial charge in [-0.05, 0) is 142 Å². The second kappa shape index (κ2) is 23.6. The van der Waals surface area contributed by atoms with Crippen LogP contribution in [0.4, 0.5) is 22.7 Å². The number of para-hydroxylation sites is 3. The molecule has 2 aromatic heterocycles. The Kier molecular flexibility index (Phi) is 15.0. The van der Waals surface area contributed by atoms with Crippen molar-refractivity contribution in [2.75, 3.05) is 16.5 Å². The lowest BCUT2D eigenvalue weighted by Gasteiger charge is -2.32. The van der Waals surface area contributed by atoms with Crippen LogP contribution in [0.5, 0.6) is 11.5 Å². The number of rotatable bonds is 11. The molecule has 7 nitrogen and oxygen atoms in total. The van der Waals surface area contributed by atoms with Gasteiger partial charge in [-0.25, -0.2) is 4.98 Å². The van der Waals surface area contributed by atoms with E-state index in [0.29, 0.717) is 12.4 Å². The molecule has 2 N–H and O–H groups in total. The van der Waals surface area contributed by atoms with Gasteiger partial charge in [0.25, 0.3) is 0 Å². The summed E-state index contributed by atoms with van der Waals surface area (Å²) in [6, 6.07) is 72.1. The van der Waals surface area contributed by atoms with Crippen LogP contribution in [0.2, 0.25) is 0 Å². The zero-order chi connectivity index (χ0) is 57.7. The first-order valence-electron chi connectivity index (χ1n) is 29.1. The Balaban J connectivity index is 0.942. The van der Waals surface area contributed by atoms with Gasteiger partial charge >= 0.3 is 0 Å². The fourth-order valence-electron chi connectivity index (χ4n) is 12.0. The first kappa shape index (κ1) is 54.0. The number of ether oxygens (including phenoxy) is 1. The monoisotopic (exact) mass is 1100 g/mol. The number of benzene rings is 8. The van der Waals surface area contributed by atoms with Gasteiger partial charge < -0.3 is 25.2 Å². The number of fused-ring (bicyclic) bond motifs is 4. The van der Waals surface area contributed by atoms with E-state index in [0.717, 1.165) is 89.5 Å². The Hall–Kier alpha value is -10.2. The molecule has 2 radical (unpaired) electrons. The fourth-order valence-corrected chi connectivity index (χ4v) is 12.0. The predicted octanol–water partition coefficient (Wildman–Crippen LogP) is 17.9. The summed E-state index contributed by atoms with van der Waals surface area (Å²) < 4.78 is 9.56. The highest BCUT2D eigenvalue weighted by Crippen LogP contribution is 2.50. The summed E-state index contributed by atoms with van der Waals surface area (Å²) in [6.07, 6.45) is 26.3. The Morgan fingerprint density at radius 3 is 1.72 bits per heavy atom. The van der Waals surface area contributed by atoms with Crippen molar-refractivity contribution >= 4 is 70.1 Å². The molecular formula is C76H64B2N6O. The molecule has 0 atom stereocenters. The largest absolute Gasteiger partial charge is 0.457 e. The van der Waals surface area contributed by atoms with E-state index >= 15 is 0 Å². The highest BCUT2D eigenvalue weighted by Gasteiger charge is 2.34. The van der Waals surface area contributed by atoms with Crippen molar-refractivity contribution in [1.82, 2.24) is 20.2 Å². The molecule has 0 unspecified atom stereocenters. The van der Waals surface area contributed by atoms with Gasteiger partial charge in [-0.15, -0.1) is 12.0 Å². The molecule has 8 aromatic carbocycles. The Morgan fingerprint density at radius 2 is 1.07 bits per heavy atom. The molecule has 10 aromatic rings. The summed E-state index contributed by atoms with van der Waals surface area (Å²) in [5, 5.41) is 8.81. The molecule has 85 heavy (non-hydrogen) atoms. The van der Waals surface area contributed by atoms with E-state index in [-0.39, 0.29) is 5.41 Å². The van der Waals surface area contributed by atoms with Crippen molar-refractivity contribution in [2.24, 2.45) is 0 Å². The van der Waals surface area contributed by atoms with Crippen LogP contribution in [0.15, 0.2) is 292 Å². The molecule has 0 saturated heterocycles. The first-order valence-corrected chi connectivity index (χ1v) is 29.1. The minimum atomic E-state index is -0.462. The SMILES string of the molecule is CC(C)(C)c1ccc2c(c1)c1ccc(Oc3cc(-c4ccccc4)cc(N4CN(c5c(/C6=C/C=C\N/C=C\C=C/[B]6)cccc5/C5=C/C=C\N/C=C\C=C/[B]5)c5ccccc54)c3)cc1n2-c1cc(C(C)(c2ccccc2)c2ccccc2)ccn1. The third-order valence-electron chi connectivity index (χ3n) is 16.4. The van der Waals surface area contributed by atoms with Gasteiger partial charge in [-0.2, -0.15) is 0 Å². The highest BCUT2D eigenvalue weighted by molar-refractivity contribution is 6.67. The maximum Gasteiger partial charge on any atom is 0.182 e. The molecule has 0 spiro atoms. The number of aromatic nitrogens is 2. The number of allylic oxidation sites excluding steroid dienone is 8. The van der Waals surface area contributed by atoms with E-state index in [9.17, 15) is 0 Å². The number of anilines is 4. The van der Waals surface area contributed by atoms with Gasteiger partial charge in [0.1, 0.15) is 24.0 Å². The summed E-state index contributed by atoms with van der Waals surface area (Å²) in [5.41, 5.74) is 17.1. The lowest BCUT2D eigenvalue weighted by atomic mass is 9.63. The van der Waals surface area contributed by atoms with Gasteiger partial charge in [0.05, 0.1) is 28.1 Å². The first-order chi connectivity index (χ1) is 41.7. The molecule has 5 heterocycles. The van der Waals surface area contributed by atoms with E-state index < -0.39 is 5.41 Å². The zero-order valence-corrected chi connectivity index (χ0v) is 48.3. The average molecular weight is 1100 g/mol. The Labute approximate surface area is 500 Å². The van der Waals surface area contributed by atoms with Crippen LogP contribution in [0.25, 0.3) is 49.7 Å². The quantitative estimate of drug-likeness (QED) is 0.126. The van der Waals surface area contributed by atoms with Gasteiger partial charge in [0.2, 0.25) is 0 Å². The number of hydrogen-bond acceptors (Lipinski definition) is 6. The molecule has 0 aliphatic carbocycles. The molecule has 0 amide bonds. The molecule has 410 valence electrons. The molecule has 3 aliphatic heterocycles. The minimum absolute atomic E-state index is 0.0553. The third kappa shape index (κ3) is 10.9. The van der Waals surface area contributed by atoms with Crippen molar-refractivity contribution in [3.05, 3.63) is 325 Å². The Bertz CT molecular complexity index is 4260. The lowest BCUT2D eigenvalue weighted by molar-refractivity contribution is 0.483. The van der Waals surface area contributed by atoms with E-state index in [4.69, 9.17) is 9.72 Å². The molecule has 13 rings (SSSR count). The van der Waals surface area contributed by atoms with Crippen LogP contribution in [-0.2, 0) is 10.8 Å². The summed E-state index contributed by atoms with van der Waals surface area (Å²) >= 11 is 0. The maximum atomic E-state index is 7.24. The van der Waals surface area contributed by atoms with Gasteiger partial charge in [-0.1, -0.05) is 183 Å². The second-order valence-electron chi connectivity index (χ2n) is 22.7. The standard InChI is InChI=1S/C76H64B2N6O/c1-75(2,3)58-35-38-69-66(49-58)63-37-36-61(52-72(63)84(69)73-50-59(39-46-81-73)76(4,56-25-10-6-11-26-56)57-27-12-7-13-28-57)85-62-48-55(54-23-8-5-9-24-54)47-60(51-62)82-53-83(71-34-15-14-33-70(71)82)74-64(67-31-21-44-79-42-18-16-40-77-67)29-20-30-65(74)68-32-22-45-80-43-19-17-41-78-68/h5-52,79-80H,53H2,1-4H3/b40-16-,41-17-,42-18-,43-19-,44-21-,45-22-,67-31-,68-32-. The number of nitrogens with zero attached hydrogens (tertiary/aromatic N) is 4. The molecule has 0 bridgehead atoms. The lowest BCUT2D eigenvalue weighted by Crippen LogP contribution is -2.26. The smallest absolute Gasteiger partial charge is 0.182 e. The van der Waals surface area contributed by atoms with Crippen molar-refractivity contribution < 1.29 is 4.74 Å². The summed E-state index contributed by atoms with van der Waals surface area (Å²) in [7, 11) is 4.38. The van der Waals surface area contributed by atoms with Crippen LogP contribution in [0, 0.1) is 0 Å². The molecule has 0 saturated carbocycles. The van der Waals surface area contributed by atoms with E-state index in [1.165, 1.54) is 22.1 Å². The zero-order valence-electron chi connectivity index (χ0n) is 48.3. The van der Waals surface area contributed by atoms with E-state index in [1.807, 2.05) is 55.3 Å². The average Bonchev–Trinajstić information content (AvgIpc) is 2.31. The third-order valence-corrected chi connectivity index (χ3v) is 16.4. The second-order valence-corrected chi connectivity index (χ2v) is 22.7. The normalized spacial score (nSPS) is 17.7. The van der Waals surface area contributed by atoms with Crippen molar-refractivity contribution in [3.63, 3.8) is 0 Å². The number of pyridine rings is 1. The van der Waals surface area contributed by atoms with Crippen molar-refractivity contribution in [2.45, 2.75) is 38.5 Å². The maximum absolute atomic E-state index is 7.24. The van der Waals surface area contributed by atoms with Crippen LogP contribution in [0.3, 0.4) is 0 Å². The fraction of sp³-hybridized carbons (Fsp3) is 0.0921. The summed E-state index contributed by atoms with van der Waals surface area (Å²) in [5.74, 6) is 6.47. The minimum Gasteiger partial charge on any atom is -0.457 e. The highest BCUT2D eigenvalue weighted by atomic mass is 16.5. The van der Waals surface area contributed by atoms with Crippen LogP contribution in [-0.4, -0.2) is 30.8 Å². The summed E-state index contributed by atoms with van der Waals surface area (Å²) in [4.78, 5) is 10.1. The van der Waals surface area contributed by atoms with Crippen LogP contribution >= 0.6 is 0 Å². The van der Waals surface area contributed by atoms with Gasteiger partial charge in [0.15, 0.2) is 14.6 Å². The van der Waals surface area contributed by atoms with Crippen LogP contribution < -0.4 is 25.2 Å². The van der Waals surface area contributed by atoms with Crippen molar-refractivity contribution in [3.8, 4) is 28.4 Å². The number of nitrogens with one attached hydrogen (secondary N) is 2. The van der Waals surface area contributed by atoms with E-state index in [1.54, 1.807) is 0 Å². The van der Waals surface area contributed by atoms with E-state index in [2.05, 4.69) is 304 Å². The number of hydrogen-bond donors (Lipinski definition) is 2. The molecule has 3 aliphatic rings. The van der Waals surface area contributed by atoms with Crippen molar-refractivity contribution in [1.29, 1.82) is 0 Å². The molecular weight excluding hydrogens is 1030 g/mol. The van der Waals surface area contributed by atoms with Gasteiger partial charge in [0, 0.05) is 65.0 Å². The molecule has 0 fully saturated rings. The summed E-state index contributed by atoms with van der Waals surface area (Å²) in [6.45, 7) is 9.67. The van der Waals surface area contributed by atoms with Crippen LogP contribution in [0.1, 0.15) is 61.1 Å². The van der Waals surface area contributed by atoms with Gasteiger partial charge in [-0.3, -0.25) is 4.57 Å². The predicted molar refractivity (Wildman–Crippen MR) is 358 cm³/mol. The molecule has 9 heteroatoms. The Morgan fingerprint density at radius 1 is 0.459 bits per heavy atom.